The predicted molar refractivity (Wildman–Crippen MR) is 28.5 cm³/mol. The Bertz CT molecular complexity index is 56.4. The Balaban J connectivity index is 0. The Morgan fingerprint density at radius 1 is 1.62 bits per heavy atom. The number of quaternary nitrogens is 1. The molecular formula is C5H12ClNO. The highest BCUT2D eigenvalue weighted by atomic mass is 35.5. The molecule has 0 heterocycles. The van der Waals surface area contributed by atoms with Crippen molar-refractivity contribution in [1.29, 1.82) is 0 Å². The first-order valence-corrected chi connectivity index (χ1v) is 2.44. The van der Waals surface area contributed by atoms with E-state index in [-0.39, 0.29) is 12.4 Å². The van der Waals surface area contributed by atoms with Crippen molar-refractivity contribution in [2.24, 2.45) is 0 Å². The van der Waals surface area contributed by atoms with Crippen LogP contribution in [0.25, 0.3) is 0 Å². The van der Waals surface area contributed by atoms with Crippen molar-refractivity contribution in [2.45, 2.75) is 6.92 Å². The largest absolute Gasteiger partial charge is 1.00 e. The van der Waals surface area contributed by atoms with Gasteiger partial charge in [0.25, 0.3) is 0 Å². The highest BCUT2D eigenvalue weighted by Crippen LogP contribution is 1.71. The smallest absolute Gasteiger partial charge is 0.136 e. The number of hydrogen-bond donors (Lipinski definition) is 1. The highest BCUT2D eigenvalue weighted by molar-refractivity contribution is 4.64. The topological polar surface area (TPSA) is 36.9 Å². The van der Waals surface area contributed by atoms with Crippen molar-refractivity contribution < 1.29 is 22.9 Å². The van der Waals surface area contributed by atoms with Gasteiger partial charge in [-0.05, 0) is 6.92 Å². The molecule has 2 nitrogen and oxygen atoms in total. The van der Waals surface area contributed by atoms with Crippen LogP contribution in [0.1, 0.15) is 6.92 Å². The molecule has 50 valence electrons. The van der Waals surface area contributed by atoms with Crippen LogP contribution in [0.2, 0.25) is 0 Å². The van der Waals surface area contributed by atoms with Crippen LogP contribution in [0.5, 0.6) is 0 Å². The molecular weight excluding hydrogens is 126 g/mol. The molecule has 0 amide bonds. The Morgan fingerprint density at radius 2 is 2.25 bits per heavy atom. The summed E-state index contributed by atoms with van der Waals surface area (Å²) in [5, 5.41) is 0. The van der Waals surface area contributed by atoms with Gasteiger partial charge in [-0.1, -0.05) is 6.08 Å². The second kappa shape index (κ2) is 9.92. The number of halogens is 1. The molecule has 0 aromatic rings. The van der Waals surface area contributed by atoms with E-state index in [0.29, 0.717) is 0 Å². The molecule has 0 atom stereocenters. The second-order valence-electron chi connectivity index (χ2n) is 1.19. The monoisotopic (exact) mass is 137 g/mol. The van der Waals surface area contributed by atoms with Gasteiger partial charge in [-0.15, -0.1) is 0 Å². The summed E-state index contributed by atoms with van der Waals surface area (Å²) in [6, 6.07) is 0. The average molecular weight is 138 g/mol. The summed E-state index contributed by atoms with van der Waals surface area (Å²) in [7, 11) is 0. The van der Waals surface area contributed by atoms with E-state index >= 15 is 0 Å². The van der Waals surface area contributed by atoms with Gasteiger partial charge >= 0.3 is 0 Å². The van der Waals surface area contributed by atoms with E-state index in [1.807, 2.05) is 13.0 Å². The summed E-state index contributed by atoms with van der Waals surface area (Å²) in [6.45, 7) is 3.48. The van der Waals surface area contributed by atoms with E-state index in [9.17, 15) is 0 Å². The van der Waals surface area contributed by atoms with Crippen molar-refractivity contribution in [3.05, 3.63) is 12.3 Å². The number of ether oxygens (including phenoxy) is 1. The Hall–Kier alpha value is -0.210. The summed E-state index contributed by atoms with van der Waals surface area (Å²) in [5.41, 5.74) is 3.60. The fourth-order valence-corrected chi connectivity index (χ4v) is 0.248. The van der Waals surface area contributed by atoms with Gasteiger partial charge in [-0.3, -0.25) is 0 Å². The lowest BCUT2D eigenvalue weighted by Crippen LogP contribution is -3.00. The minimum absolute atomic E-state index is 0. The zero-order chi connectivity index (χ0) is 5.54. The van der Waals surface area contributed by atoms with Crippen LogP contribution in [0.3, 0.4) is 0 Å². The quantitative estimate of drug-likeness (QED) is 0.323. The van der Waals surface area contributed by atoms with E-state index in [4.69, 9.17) is 4.74 Å². The van der Waals surface area contributed by atoms with Crippen LogP contribution in [0.4, 0.5) is 0 Å². The van der Waals surface area contributed by atoms with Crippen molar-refractivity contribution in [3.63, 3.8) is 0 Å². The van der Waals surface area contributed by atoms with E-state index in [1.54, 1.807) is 6.26 Å². The van der Waals surface area contributed by atoms with Gasteiger partial charge in [0.1, 0.15) is 13.2 Å². The molecule has 0 radical (unpaired) electrons. The van der Waals surface area contributed by atoms with Gasteiger partial charge in [0.15, 0.2) is 0 Å². The fraction of sp³-hybridized carbons (Fsp3) is 0.600. The molecule has 0 saturated heterocycles. The lowest BCUT2D eigenvalue weighted by molar-refractivity contribution is -0.372. The molecule has 0 bridgehead atoms. The summed E-state index contributed by atoms with van der Waals surface area (Å²) < 4.78 is 4.89. The van der Waals surface area contributed by atoms with E-state index in [0.717, 1.165) is 13.2 Å². The number of hydrogen-bond acceptors (Lipinski definition) is 1. The van der Waals surface area contributed by atoms with Gasteiger partial charge in [-0.2, -0.15) is 0 Å². The zero-order valence-electron chi connectivity index (χ0n) is 5.06. The highest BCUT2D eigenvalue weighted by Gasteiger charge is 1.73. The molecule has 8 heavy (non-hydrogen) atoms. The standard InChI is InChI=1S/C5H11NO.ClH/c1-2-4-7-5-3-6;/h2,4H,3,5-6H2,1H3;1H. The molecule has 0 aromatic heterocycles. The van der Waals surface area contributed by atoms with E-state index in [1.165, 1.54) is 0 Å². The molecule has 0 aliphatic rings. The van der Waals surface area contributed by atoms with E-state index < -0.39 is 0 Å². The molecule has 0 fully saturated rings. The minimum Gasteiger partial charge on any atom is -1.00 e. The Kier molecular flexibility index (Phi) is 13.3. The first-order chi connectivity index (χ1) is 3.41. The number of rotatable bonds is 3. The molecule has 0 aliphatic heterocycles. The maximum absolute atomic E-state index is 4.89. The van der Waals surface area contributed by atoms with Crippen LogP contribution in [-0.4, -0.2) is 13.2 Å². The molecule has 0 spiro atoms. The summed E-state index contributed by atoms with van der Waals surface area (Å²) in [6.07, 6.45) is 3.53. The molecule has 0 rings (SSSR count). The first-order valence-electron chi connectivity index (χ1n) is 2.44. The molecule has 0 saturated carbocycles. The van der Waals surface area contributed by atoms with Gasteiger partial charge in [0, 0.05) is 0 Å². The zero-order valence-corrected chi connectivity index (χ0v) is 5.82. The molecule has 0 aromatic carbocycles. The SMILES string of the molecule is CC=COCC[NH3+].[Cl-]. The van der Waals surface area contributed by atoms with Crippen molar-refractivity contribution >= 4 is 0 Å². The van der Waals surface area contributed by atoms with Gasteiger partial charge in [0.2, 0.25) is 0 Å². The normalized spacial score (nSPS) is 8.75. The predicted octanol–water partition coefficient (Wildman–Crippen LogP) is -3.22. The summed E-state index contributed by atoms with van der Waals surface area (Å²) >= 11 is 0. The Morgan fingerprint density at radius 3 is 2.62 bits per heavy atom. The third-order valence-corrected chi connectivity index (χ3v) is 0.494. The molecule has 0 aliphatic carbocycles. The second-order valence-corrected chi connectivity index (χ2v) is 1.19. The fourth-order valence-electron chi connectivity index (χ4n) is 0.248. The van der Waals surface area contributed by atoms with Crippen LogP contribution < -0.4 is 18.1 Å². The summed E-state index contributed by atoms with van der Waals surface area (Å²) in [5.74, 6) is 0. The minimum atomic E-state index is 0. The molecule has 0 unspecified atom stereocenters. The molecule has 3 N–H and O–H groups in total. The van der Waals surface area contributed by atoms with Gasteiger partial charge in [0.05, 0.1) is 6.26 Å². The lowest BCUT2D eigenvalue weighted by atomic mass is 10.7. The lowest BCUT2D eigenvalue weighted by Gasteiger charge is -1.90. The summed E-state index contributed by atoms with van der Waals surface area (Å²) in [4.78, 5) is 0. The third kappa shape index (κ3) is 9.25. The van der Waals surface area contributed by atoms with Gasteiger partial charge in [-0.25, -0.2) is 0 Å². The van der Waals surface area contributed by atoms with Crippen LogP contribution in [0.15, 0.2) is 12.3 Å². The van der Waals surface area contributed by atoms with Crippen molar-refractivity contribution in [1.82, 2.24) is 0 Å². The van der Waals surface area contributed by atoms with E-state index in [2.05, 4.69) is 5.73 Å². The number of allylic oxidation sites excluding steroid dienone is 1. The van der Waals surface area contributed by atoms with Crippen LogP contribution >= 0.6 is 0 Å². The maximum Gasteiger partial charge on any atom is 0.136 e. The third-order valence-electron chi connectivity index (χ3n) is 0.494. The van der Waals surface area contributed by atoms with Gasteiger partial charge < -0.3 is 22.9 Å². The van der Waals surface area contributed by atoms with Crippen LogP contribution in [-0.2, 0) is 4.74 Å². The average Bonchev–Trinajstić information content (AvgIpc) is 1.69. The molecule has 3 heteroatoms. The first kappa shape index (κ1) is 10.7. The Labute approximate surface area is 56.1 Å². The van der Waals surface area contributed by atoms with Crippen molar-refractivity contribution in [2.75, 3.05) is 13.2 Å². The van der Waals surface area contributed by atoms with Crippen molar-refractivity contribution in [3.8, 4) is 0 Å². The van der Waals surface area contributed by atoms with Crippen LogP contribution in [0, 0.1) is 0 Å². The maximum atomic E-state index is 4.89.